The second-order valence-electron chi connectivity index (χ2n) is 10.7. The number of fused-ring (bicyclic) bond motifs is 3. The molecule has 1 aliphatic rings. The molecule has 206 valence electrons. The number of hydrogen-bond acceptors (Lipinski definition) is 7. The van der Waals surface area contributed by atoms with Crippen molar-refractivity contribution in [1.82, 2.24) is 28.7 Å². The predicted octanol–water partition coefficient (Wildman–Crippen LogP) is 3.83. The van der Waals surface area contributed by atoms with E-state index in [4.69, 9.17) is 9.72 Å². The maximum atomic E-state index is 13.4. The number of amides is 2. The maximum absolute atomic E-state index is 13.4. The summed E-state index contributed by atoms with van der Waals surface area (Å²) in [4.78, 5) is 35.5. The number of hydrogen-bond donors (Lipinski definition) is 1. The Morgan fingerprint density at radius 3 is 2.44 bits per heavy atom. The summed E-state index contributed by atoms with van der Waals surface area (Å²) in [6.07, 6.45) is 4.02. The highest BCUT2D eigenvalue weighted by atomic mass is 32.2. The zero-order chi connectivity index (χ0) is 27.9. The van der Waals surface area contributed by atoms with Gasteiger partial charge in [-0.1, -0.05) is 18.2 Å². The van der Waals surface area contributed by atoms with E-state index in [1.54, 1.807) is 47.5 Å². The van der Waals surface area contributed by atoms with Gasteiger partial charge in [0.25, 0.3) is 10.0 Å². The van der Waals surface area contributed by atoms with E-state index in [0.717, 1.165) is 5.52 Å². The number of rotatable bonds is 5. The first-order valence-corrected chi connectivity index (χ1v) is 14.3. The van der Waals surface area contributed by atoms with Crippen LogP contribution in [0.4, 0.5) is 4.79 Å². The Morgan fingerprint density at radius 1 is 1.10 bits per heavy atom. The van der Waals surface area contributed by atoms with Gasteiger partial charge in [0, 0.05) is 37.6 Å². The zero-order valence-corrected chi connectivity index (χ0v) is 23.2. The first-order chi connectivity index (χ1) is 18.5. The molecule has 0 spiro atoms. The number of nitrogens with zero attached hydrogens (tertiary/aromatic N) is 5. The molecule has 0 bridgehead atoms. The van der Waals surface area contributed by atoms with Gasteiger partial charge in [-0.3, -0.25) is 4.79 Å². The second kappa shape index (κ2) is 9.99. The molecule has 2 amide bonds. The molecule has 1 N–H and O–H groups in total. The molecule has 0 unspecified atom stereocenters. The Balaban J connectivity index is 1.56. The van der Waals surface area contributed by atoms with Gasteiger partial charge >= 0.3 is 6.09 Å². The van der Waals surface area contributed by atoms with Crippen LogP contribution in [-0.2, 0) is 26.1 Å². The number of pyridine rings is 1. The highest BCUT2D eigenvalue weighted by molar-refractivity contribution is 7.90. The van der Waals surface area contributed by atoms with E-state index in [1.165, 1.54) is 17.1 Å². The summed E-state index contributed by atoms with van der Waals surface area (Å²) in [6, 6.07) is 9.92. The van der Waals surface area contributed by atoms with Gasteiger partial charge in [-0.05, 0) is 51.8 Å². The molecular formula is C27H32N6O5S. The van der Waals surface area contributed by atoms with Crippen LogP contribution in [0.2, 0.25) is 0 Å². The van der Waals surface area contributed by atoms with Gasteiger partial charge in [-0.15, -0.1) is 0 Å². The molecule has 11 nitrogen and oxygen atoms in total. The number of nitrogens with one attached hydrogen (secondary N) is 1. The fourth-order valence-electron chi connectivity index (χ4n) is 4.95. The lowest BCUT2D eigenvalue weighted by Crippen LogP contribution is -2.42. The Hall–Kier alpha value is -3.93. The highest BCUT2D eigenvalue weighted by Gasteiger charge is 2.31. The Morgan fingerprint density at radius 2 is 1.79 bits per heavy atom. The number of aromatic nitrogens is 4. The number of likely N-dealkylation sites (tertiary alicyclic amines) is 1. The molecule has 1 aliphatic heterocycles. The number of piperidine rings is 1. The van der Waals surface area contributed by atoms with Crippen LogP contribution in [0.5, 0.6) is 0 Å². The van der Waals surface area contributed by atoms with E-state index in [2.05, 4.69) is 14.9 Å². The van der Waals surface area contributed by atoms with Crippen molar-refractivity contribution in [2.45, 2.75) is 63.6 Å². The molecule has 5 rings (SSSR count). The molecule has 3 aromatic heterocycles. The van der Waals surface area contributed by atoms with E-state index in [-0.39, 0.29) is 29.5 Å². The van der Waals surface area contributed by atoms with Crippen LogP contribution in [0.3, 0.4) is 0 Å². The summed E-state index contributed by atoms with van der Waals surface area (Å²) in [5.74, 6) is 0.459. The average molecular weight is 553 g/mol. The molecule has 4 heterocycles. The van der Waals surface area contributed by atoms with E-state index < -0.39 is 15.6 Å². The normalized spacial score (nSPS) is 15.1. The van der Waals surface area contributed by atoms with Crippen molar-refractivity contribution in [3.63, 3.8) is 0 Å². The van der Waals surface area contributed by atoms with Crippen LogP contribution in [0.15, 0.2) is 53.7 Å². The molecule has 39 heavy (non-hydrogen) atoms. The van der Waals surface area contributed by atoms with E-state index in [9.17, 15) is 18.0 Å². The average Bonchev–Trinajstić information content (AvgIpc) is 3.49. The van der Waals surface area contributed by atoms with Crippen LogP contribution < -0.4 is 5.32 Å². The molecule has 0 atom stereocenters. The summed E-state index contributed by atoms with van der Waals surface area (Å²) in [6.45, 7) is 8.17. The van der Waals surface area contributed by atoms with Gasteiger partial charge in [0.15, 0.2) is 5.65 Å². The minimum atomic E-state index is -3.87. The zero-order valence-electron chi connectivity index (χ0n) is 22.4. The minimum Gasteiger partial charge on any atom is -0.444 e. The first kappa shape index (κ1) is 26.7. The lowest BCUT2D eigenvalue weighted by molar-refractivity contribution is -0.119. The summed E-state index contributed by atoms with van der Waals surface area (Å²) in [5, 5.41) is 3.47. The number of ether oxygens (including phenoxy) is 1. The third-order valence-electron chi connectivity index (χ3n) is 6.68. The summed E-state index contributed by atoms with van der Waals surface area (Å²) < 4.78 is 35.6. The van der Waals surface area contributed by atoms with E-state index in [0.29, 0.717) is 48.3 Å². The van der Waals surface area contributed by atoms with Gasteiger partial charge in [0.1, 0.15) is 16.9 Å². The molecule has 4 aromatic rings. The molecule has 0 radical (unpaired) electrons. The number of imidazole rings is 1. The maximum Gasteiger partial charge on any atom is 0.410 e. The van der Waals surface area contributed by atoms with Gasteiger partial charge in [-0.25, -0.2) is 27.2 Å². The first-order valence-electron chi connectivity index (χ1n) is 12.9. The molecule has 12 heteroatoms. The van der Waals surface area contributed by atoms with Gasteiger partial charge in [0.2, 0.25) is 5.91 Å². The molecule has 1 aromatic carbocycles. The van der Waals surface area contributed by atoms with Crippen molar-refractivity contribution in [1.29, 1.82) is 0 Å². The third kappa shape index (κ3) is 5.20. The van der Waals surface area contributed by atoms with Gasteiger partial charge < -0.3 is 19.5 Å². The smallest absolute Gasteiger partial charge is 0.410 e. The lowest BCUT2D eigenvalue weighted by atomic mass is 10.0. The predicted molar refractivity (Wildman–Crippen MR) is 146 cm³/mol. The number of benzene rings is 1. The van der Waals surface area contributed by atoms with Gasteiger partial charge in [0.05, 0.1) is 23.2 Å². The standard InChI is InChI=1S/C27H32N6O5S/c1-18(34)28-17-23-30-22-16-29-25-21(12-15-32(25)39(36,37)20-8-6-5-7-9-20)24(22)33(23)19-10-13-31(14-11-19)26(35)38-27(2,3)4/h5-9,12,15-16,19H,10-11,13-14,17H2,1-4H3,(H,28,34). The van der Waals surface area contributed by atoms with Crippen molar-refractivity contribution >= 4 is 44.1 Å². The van der Waals surface area contributed by atoms with E-state index in [1.807, 2.05) is 20.8 Å². The monoisotopic (exact) mass is 552 g/mol. The molecule has 1 saturated heterocycles. The Kier molecular flexibility index (Phi) is 6.83. The third-order valence-corrected chi connectivity index (χ3v) is 8.36. The fraction of sp³-hybridized carbons (Fsp3) is 0.407. The fourth-order valence-corrected chi connectivity index (χ4v) is 6.27. The number of carbonyl (C=O) groups is 2. The summed E-state index contributed by atoms with van der Waals surface area (Å²) >= 11 is 0. The second-order valence-corrected chi connectivity index (χ2v) is 12.5. The van der Waals surface area contributed by atoms with Crippen molar-refractivity contribution in [3.8, 4) is 0 Å². The van der Waals surface area contributed by atoms with Crippen LogP contribution in [0.25, 0.3) is 22.1 Å². The topological polar surface area (TPSA) is 128 Å². The lowest BCUT2D eigenvalue weighted by Gasteiger charge is -2.34. The largest absolute Gasteiger partial charge is 0.444 e. The van der Waals surface area contributed by atoms with Crippen LogP contribution in [0, 0.1) is 0 Å². The molecule has 0 saturated carbocycles. The van der Waals surface area contributed by atoms with Crippen LogP contribution >= 0.6 is 0 Å². The minimum absolute atomic E-state index is 0.0304. The Labute approximate surface area is 226 Å². The van der Waals surface area contributed by atoms with Crippen molar-refractivity contribution in [3.05, 3.63) is 54.6 Å². The van der Waals surface area contributed by atoms with Gasteiger partial charge in [-0.2, -0.15) is 0 Å². The van der Waals surface area contributed by atoms with Crippen molar-refractivity contribution < 1.29 is 22.7 Å². The van der Waals surface area contributed by atoms with E-state index >= 15 is 0 Å². The highest BCUT2D eigenvalue weighted by Crippen LogP contribution is 2.34. The Bertz CT molecular complexity index is 1640. The summed E-state index contributed by atoms with van der Waals surface area (Å²) in [5.41, 5.74) is 1.07. The SMILES string of the molecule is CC(=O)NCc1nc2cnc3c(ccn3S(=O)(=O)c3ccccc3)c2n1C1CCN(C(=O)OC(C)(C)C)CC1. The van der Waals surface area contributed by atoms with Crippen LogP contribution in [0.1, 0.15) is 52.4 Å². The van der Waals surface area contributed by atoms with Crippen LogP contribution in [-0.4, -0.2) is 62.5 Å². The van der Waals surface area contributed by atoms with Crippen molar-refractivity contribution in [2.75, 3.05) is 13.1 Å². The molecular weight excluding hydrogens is 520 g/mol. The number of carbonyl (C=O) groups excluding carboxylic acids is 2. The molecule has 0 aliphatic carbocycles. The quantitative estimate of drug-likeness (QED) is 0.398. The molecule has 1 fully saturated rings. The van der Waals surface area contributed by atoms with Crippen molar-refractivity contribution in [2.24, 2.45) is 0 Å². The summed E-state index contributed by atoms with van der Waals surface area (Å²) in [7, 11) is -3.87.